The largest absolute Gasteiger partial charge is 0.492 e. The van der Waals surface area contributed by atoms with E-state index in [0.29, 0.717) is 23.1 Å². The van der Waals surface area contributed by atoms with Crippen LogP contribution in [0.1, 0.15) is 6.92 Å². The number of anilines is 1. The molecule has 2 aromatic rings. The van der Waals surface area contributed by atoms with E-state index >= 15 is 0 Å². The molecule has 1 heterocycles. The van der Waals surface area contributed by atoms with Gasteiger partial charge in [-0.05, 0) is 25.1 Å². The van der Waals surface area contributed by atoms with Crippen molar-refractivity contribution in [1.82, 2.24) is 9.55 Å². The molecule has 0 aliphatic rings. The first kappa shape index (κ1) is 15.9. The minimum Gasteiger partial charge on any atom is -0.492 e. The lowest BCUT2D eigenvalue weighted by Crippen LogP contribution is -2.14. The number of nitrogens with zero attached hydrogens (tertiary/aromatic N) is 2. The Morgan fingerprint density at radius 1 is 1.38 bits per heavy atom. The molecule has 0 fully saturated rings. The molecule has 1 N–H and O–H groups in total. The van der Waals surface area contributed by atoms with Gasteiger partial charge in [0, 0.05) is 7.05 Å². The van der Waals surface area contributed by atoms with Gasteiger partial charge in [0.1, 0.15) is 10.9 Å². The van der Waals surface area contributed by atoms with Crippen LogP contribution in [0.3, 0.4) is 0 Å². The Bertz CT molecular complexity index is 759. The van der Waals surface area contributed by atoms with Gasteiger partial charge in [-0.25, -0.2) is 4.98 Å². The number of hydrogen-bond acceptors (Lipinski definition) is 4. The molecule has 0 unspecified atom stereocenters. The van der Waals surface area contributed by atoms with Gasteiger partial charge >= 0.3 is 0 Å². The van der Waals surface area contributed by atoms with Gasteiger partial charge in [-0.1, -0.05) is 23.2 Å². The highest BCUT2D eigenvalue weighted by Gasteiger charge is 2.22. The lowest BCUT2D eigenvalue weighted by atomic mass is 10.3. The maximum Gasteiger partial charge on any atom is 0.282 e. The molecule has 0 saturated carbocycles. The van der Waals surface area contributed by atoms with Crippen LogP contribution in [0, 0.1) is 0 Å². The maximum atomic E-state index is 12.2. The second kappa shape index (κ2) is 6.13. The summed E-state index contributed by atoms with van der Waals surface area (Å²) in [6.07, 6.45) is 1.32. The minimum absolute atomic E-state index is 0.0273. The van der Waals surface area contributed by atoms with E-state index in [4.69, 9.17) is 27.9 Å². The summed E-state index contributed by atoms with van der Waals surface area (Å²) in [6.45, 7) is 2.30. The summed E-state index contributed by atoms with van der Waals surface area (Å²) in [5, 5.41) is 0.0976. The fourth-order valence-corrected chi connectivity index (χ4v) is 3.33. The van der Waals surface area contributed by atoms with E-state index in [1.807, 2.05) is 6.92 Å². The summed E-state index contributed by atoms with van der Waals surface area (Å²) in [5.74, 6) is 0.484. The van der Waals surface area contributed by atoms with Crippen LogP contribution in [-0.2, 0) is 17.1 Å². The standard InChI is InChI=1S/C12H13Cl2N3O3S/c1-3-20-10-5-4-8(6-9(10)13)16-21(18,19)12-11(14)17(2)7-15-12/h4-7,16H,3H2,1-2H3. The highest BCUT2D eigenvalue weighted by molar-refractivity contribution is 7.92. The van der Waals surface area contributed by atoms with Gasteiger partial charge in [0.05, 0.1) is 23.6 Å². The van der Waals surface area contributed by atoms with Crippen LogP contribution < -0.4 is 9.46 Å². The van der Waals surface area contributed by atoms with Gasteiger partial charge in [0.25, 0.3) is 10.0 Å². The van der Waals surface area contributed by atoms with Crippen molar-refractivity contribution in [1.29, 1.82) is 0 Å². The molecule has 0 radical (unpaired) electrons. The normalized spacial score (nSPS) is 11.4. The van der Waals surface area contributed by atoms with Gasteiger partial charge in [-0.2, -0.15) is 8.42 Å². The highest BCUT2D eigenvalue weighted by atomic mass is 35.5. The zero-order chi connectivity index (χ0) is 15.6. The summed E-state index contributed by atoms with van der Waals surface area (Å²) in [6, 6.07) is 4.59. The third-order valence-electron chi connectivity index (χ3n) is 2.57. The SMILES string of the molecule is CCOc1ccc(NS(=O)(=O)c2ncn(C)c2Cl)cc1Cl. The van der Waals surface area contributed by atoms with Crippen molar-refractivity contribution in [3.8, 4) is 5.75 Å². The van der Waals surface area contributed by atoms with E-state index in [0.717, 1.165) is 0 Å². The van der Waals surface area contributed by atoms with Crippen molar-refractivity contribution in [2.24, 2.45) is 7.05 Å². The van der Waals surface area contributed by atoms with Crippen LogP contribution in [0.2, 0.25) is 10.2 Å². The Hall–Kier alpha value is -1.44. The van der Waals surface area contributed by atoms with Gasteiger partial charge in [0.15, 0.2) is 0 Å². The van der Waals surface area contributed by atoms with Gasteiger partial charge < -0.3 is 9.30 Å². The average molecular weight is 350 g/mol. The van der Waals surface area contributed by atoms with Crippen LogP contribution in [0.5, 0.6) is 5.75 Å². The second-order valence-electron chi connectivity index (χ2n) is 4.14. The number of sulfonamides is 1. The first-order valence-corrected chi connectivity index (χ1v) is 8.21. The summed E-state index contributed by atoms with van der Waals surface area (Å²) in [5.41, 5.74) is 0.296. The monoisotopic (exact) mass is 349 g/mol. The van der Waals surface area contributed by atoms with Crippen LogP contribution in [0.25, 0.3) is 0 Å². The molecule has 6 nitrogen and oxygen atoms in total. The van der Waals surface area contributed by atoms with Crippen molar-refractivity contribution in [2.75, 3.05) is 11.3 Å². The fraction of sp³-hybridized carbons (Fsp3) is 0.250. The fourth-order valence-electron chi connectivity index (χ4n) is 1.61. The third-order valence-corrected chi connectivity index (χ3v) is 4.74. The van der Waals surface area contributed by atoms with Crippen LogP contribution in [0.15, 0.2) is 29.6 Å². The summed E-state index contributed by atoms with van der Waals surface area (Å²) >= 11 is 11.9. The smallest absolute Gasteiger partial charge is 0.282 e. The number of aromatic nitrogens is 2. The topological polar surface area (TPSA) is 73.2 Å². The Kier molecular flexibility index (Phi) is 4.65. The molecule has 0 atom stereocenters. The summed E-state index contributed by atoms with van der Waals surface area (Å²) in [7, 11) is -2.28. The maximum absolute atomic E-state index is 12.2. The molecule has 2 rings (SSSR count). The van der Waals surface area contributed by atoms with E-state index in [-0.39, 0.29) is 10.2 Å². The number of hydrogen-bond donors (Lipinski definition) is 1. The molecule has 0 bridgehead atoms. The number of imidazole rings is 1. The van der Waals surface area contributed by atoms with E-state index in [2.05, 4.69) is 9.71 Å². The number of aryl methyl sites for hydroxylation is 1. The lowest BCUT2D eigenvalue weighted by molar-refractivity contribution is 0.340. The van der Waals surface area contributed by atoms with E-state index < -0.39 is 10.0 Å². The van der Waals surface area contributed by atoms with Crippen molar-refractivity contribution < 1.29 is 13.2 Å². The summed E-state index contributed by atoms with van der Waals surface area (Å²) in [4.78, 5) is 3.78. The molecule has 0 amide bonds. The predicted molar refractivity (Wildman–Crippen MR) is 81.6 cm³/mol. The highest BCUT2D eigenvalue weighted by Crippen LogP contribution is 2.29. The van der Waals surface area contributed by atoms with Crippen LogP contribution in [0.4, 0.5) is 5.69 Å². The van der Waals surface area contributed by atoms with Crippen molar-refractivity contribution >= 4 is 38.9 Å². The molecule has 114 valence electrons. The Morgan fingerprint density at radius 3 is 2.62 bits per heavy atom. The first-order chi connectivity index (χ1) is 9.85. The van der Waals surface area contributed by atoms with Crippen LogP contribution >= 0.6 is 23.2 Å². The molecule has 1 aromatic carbocycles. The van der Waals surface area contributed by atoms with Crippen molar-refractivity contribution in [2.45, 2.75) is 11.9 Å². The molecule has 0 aliphatic heterocycles. The predicted octanol–water partition coefficient (Wildman–Crippen LogP) is 2.93. The molecular weight excluding hydrogens is 337 g/mol. The molecule has 0 spiro atoms. The number of ether oxygens (including phenoxy) is 1. The third kappa shape index (κ3) is 3.42. The zero-order valence-corrected chi connectivity index (χ0v) is 13.6. The lowest BCUT2D eigenvalue weighted by Gasteiger charge is -2.09. The number of halogens is 2. The Balaban J connectivity index is 2.29. The van der Waals surface area contributed by atoms with Gasteiger partial charge in [0.2, 0.25) is 5.03 Å². The molecule has 0 aliphatic carbocycles. The Morgan fingerprint density at radius 2 is 2.10 bits per heavy atom. The number of rotatable bonds is 5. The van der Waals surface area contributed by atoms with Gasteiger partial charge in [-0.15, -0.1) is 0 Å². The average Bonchev–Trinajstić information content (AvgIpc) is 2.74. The quantitative estimate of drug-likeness (QED) is 0.900. The molecule has 9 heteroatoms. The van der Waals surface area contributed by atoms with Crippen molar-refractivity contribution in [3.63, 3.8) is 0 Å². The van der Waals surface area contributed by atoms with E-state index in [1.54, 1.807) is 19.2 Å². The second-order valence-corrected chi connectivity index (χ2v) is 6.50. The van der Waals surface area contributed by atoms with Gasteiger partial charge in [-0.3, -0.25) is 4.72 Å². The number of benzene rings is 1. The molecular formula is C12H13Cl2N3O3S. The summed E-state index contributed by atoms with van der Waals surface area (Å²) < 4.78 is 33.5. The van der Waals surface area contributed by atoms with E-state index in [9.17, 15) is 8.42 Å². The Labute approximate surface area is 132 Å². The van der Waals surface area contributed by atoms with Crippen LogP contribution in [-0.4, -0.2) is 24.6 Å². The number of nitrogens with one attached hydrogen (secondary N) is 1. The zero-order valence-electron chi connectivity index (χ0n) is 11.3. The first-order valence-electron chi connectivity index (χ1n) is 5.97. The molecule has 21 heavy (non-hydrogen) atoms. The molecule has 0 saturated heterocycles. The van der Waals surface area contributed by atoms with Crippen molar-refractivity contribution in [3.05, 3.63) is 34.7 Å². The van der Waals surface area contributed by atoms with E-state index in [1.165, 1.54) is 17.0 Å². The molecule has 1 aromatic heterocycles. The minimum atomic E-state index is -3.88.